The first-order valence-corrected chi connectivity index (χ1v) is 6.60. The fourth-order valence-electron chi connectivity index (χ4n) is 2.28. The highest BCUT2D eigenvalue weighted by Gasteiger charge is 2.17. The monoisotopic (exact) mass is 282 g/mol. The van der Waals surface area contributed by atoms with E-state index in [4.69, 9.17) is 10.5 Å². The summed E-state index contributed by atoms with van der Waals surface area (Å²) in [7, 11) is 0. The van der Waals surface area contributed by atoms with E-state index in [9.17, 15) is 9.59 Å². The van der Waals surface area contributed by atoms with Gasteiger partial charge in [-0.25, -0.2) is 0 Å². The molecule has 2 aromatic rings. The number of carbonyl (C=O) groups excluding carboxylic acids is 2. The number of benzene rings is 2. The lowest BCUT2D eigenvalue weighted by molar-refractivity contribution is 0.0955. The minimum Gasteiger partial charge on any atom is -0.491 e. The fraction of sp³-hybridized carbons (Fsp3) is 0.125. The lowest BCUT2D eigenvalue weighted by atomic mass is 10.0. The number of rotatable bonds is 2. The highest BCUT2D eigenvalue weighted by molar-refractivity contribution is 5.98. The molecule has 0 spiro atoms. The van der Waals surface area contributed by atoms with E-state index in [1.165, 1.54) is 0 Å². The molecule has 2 amide bonds. The van der Waals surface area contributed by atoms with Crippen molar-refractivity contribution in [3.05, 3.63) is 53.6 Å². The number of carbonyl (C=O) groups is 2. The molecule has 1 aliphatic rings. The largest absolute Gasteiger partial charge is 0.491 e. The highest BCUT2D eigenvalue weighted by atomic mass is 16.5. The molecule has 106 valence electrons. The van der Waals surface area contributed by atoms with Crippen LogP contribution < -0.4 is 15.8 Å². The molecule has 2 aromatic carbocycles. The van der Waals surface area contributed by atoms with Crippen LogP contribution in [0, 0.1) is 0 Å². The summed E-state index contributed by atoms with van der Waals surface area (Å²) >= 11 is 0. The van der Waals surface area contributed by atoms with Gasteiger partial charge in [0, 0.05) is 5.56 Å². The number of ether oxygens (including phenoxy) is 1. The maximum Gasteiger partial charge on any atom is 0.255 e. The third-order valence-electron chi connectivity index (χ3n) is 3.35. The zero-order valence-corrected chi connectivity index (χ0v) is 11.3. The first-order chi connectivity index (χ1) is 10.1. The standard InChI is InChI=1S/C16H14N2O3/c17-15(19)12-3-1-2-10(8-12)11-4-5-13-14(9-11)21-7-6-18-16(13)20/h1-5,8-9H,6-7H2,(H2,17,19)(H,18,20). The molecule has 0 saturated carbocycles. The Morgan fingerprint density at radius 3 is 2.76 bits per heavy atom. The Labute approximate surface area is 121 Å². The van der Waals surface area contributed by atoms with Crippen LogP contribution in [0.5, 0.6) is 5.75 Å². The molecular formula is C16H14N2O3. The number of nitrogens with one attached hydrogen (secondary N) is 1. The molecule has 5 heteroatoms. The number of primary amides is 1. The molecule has 0 aliphatic carbocycles. The number of hydrogen-bond acceptors (Lipinski definition) is 3. The Bertz CT molecular complexity index is 725. The molecule has 3 N–H and O–H groups in total. The van der Waals surface area contributed by atoms with Crippen molar-refractivity contribution in [2.45, 2.75) is 0 Å². The van der Waals surface area contributed by atoms with Gasteiger partial charge in [-0.05, 0) is 35.4 Å². The van der Waals surface area contributed by atoms with Crippen molar-refractivity contribution in [1.82, 2.24) is 5.32 Å². The van der Waals surface area contributed by atoms with Crippen LogP contribution in [0.3, 0.4) is 0 Å². The van der Waals surface area contributed by atoms with E-state index in [1.54, 1.807) is 30.3 Å². The van der Waals surface area contributed by atoms with E-state index >= 15 is 0 Å². The van der Waals surface area contributed by atoms with Gasteiger partial charge in [0.25, 0.3) is 5.91 Å². The van der Waals surface area contributed by atoms with Crippen molar-refractivity contribution < 1.29 is 14.3 Å². The second kappa shape index (κ2) is 5.28. The number of amides is 2. The van der Waals surface area contributed by atoms with Gasteiger partial charge < -0.3 is 15.8 Å². The van der Waals surface area contributed by atoms with Crippen LogP contribution in [0.1, 0.15) is 20.7 Å². The summed E-state index contributed by atoms with van der Waals surface area (Å²) in [5, 5.41) is 2.76. The lowest BCUT2D eigenvalue weighted by Crippen LogP contribution is -2.24. The van der Waals surface area contributed by atoms with Crippen molar-refractivity contribution >= 4 is 11.8 Å². The van der Waals surface area contributed by atoms with Gasteiger partial charge >= 0.3 is 0 Å². The summed E-state index contributed by atoms with van der Waals surface area (Å²) < 4.78 is 5.58. The molecule has 0 atom stereocenters. The van der Waals surface area contributed by atoms with E-state index in [-0.39, 0.29) is 5.91 Å². The minimum atomic E-state index is -0.470. The molecule has 1 aliphatic heterocycles. The summed E-state index contributed by atoms with van der Waals surface area (Å²) in [6, 6.07) is 12.4. The summed E-state index contributed by atoms with van der Waals surface area (Å²) in [6.45, 7) is 0.920. The second-order valence-corrected chi connectivity index (χ2v) is 4.76. The molecule has 0 fully saturated rings. The summed E-state index contributed by atoms with van der Waals surface area (Å²) in [6.07, 6.45) is 0. The van der Waals surface area contributed by atoms with Gasteiger partial charge in [0.1, 0.15) is 12.4 Å². The van der Waals surface area contributed by atoms with Gasteiger partial charge in [-0.1, -0.05) is 18.2 Å². The third kappa shape index (κ3) is 2.58. The van der Waals surface area contributed by atoms with E-state index in [2.05, 4.69) is 5.32 Å². The first kappa shape index (κ1) is 13.2. The van der Waals surface area contributed by atoms with Gasteiger partial charge in [-0.15, -0.1) is 0 Å². The molecule has 3 rings (SSSR count). The zero-order chi connectivity index (χ0) is 14.8. The Kier molecular flexibility index (Phi) is 3.31. The molecule has 5 nitrogen and oxygen atoms in total. The predicted octanol–water partition coefficient (Wildman–Crippen LogP) is 1.57. The van der Waals surface area contributed by atoms with Gasteiger partial charge in [-0.2, -0.15) is 0 Å². The average Bonchev–Trinajstić information content (AvgIpc) is 2.69. The van der Waals surface area contributed by atoms with Crippen molar-refractivity contribution in [2.24, 2.45) is 5.73 Å². The minimum absolute atomic E-state index is 0.139. The average molecular weight is 282 g/mol. The number of hydrogen-bond donors (Lipinski definition) is 2. The van der Waals surface area contributed by atoms with Gasteiger partial charge in [0.05, 0.1) is 12.1 Å². The molecule has 21 heavy (non-hydrogen) atoms. The van der Waals surface area contributed by atoms with Crippen molar-refractivity contribution in [1.29, 1.82) is 0 Å². The zero-order valence-electron chi connectivity index (χ0n) is 11.3. The maximum absolute atomic E-state index is 11.8. The molecule has 0 saturated heterocycles. The van der Waals surface area contributed by atoms with Crippen LogP contribution in [0.25, 0.3) is 11.1 Å². The normalized spacial score (nSPS) is 13.6. The van der Waals surface area contributed by atoms with Crippen LogP contribution in [-0.2, 0) is 0 Å². The summed E-state index contributed by atoms with van der Waals surface area (Å²) in [5.74, 6) is -0.0610. The number of nitrogens with two attached hydrogens (primary N) is 1. The van der Waals surface area contributed by atoms with E-state index < -0.39 is 5.91 Å². The molecular weight excluding hydrogens is 268 g/mol. The second-order valence-electron chi connectivity index (χ2n) is 4.76. The van der Waals surface area contributed by atoms with E-state index in [1.807, 2.05) is 12.1 Å². The Balaban J connectivity index is 2.04. The van der Waals surface area contributed by atoms with Crippen LogP contribution >= 0.6 is 0 Å². The van der Waals surface area contributed by atoms with Crippen LogP contribution in [-0.4, -0.2) is 25.0 Å². The Morgan fingerprint density at radius 1 is 1.14 bits per heavy atom. The van der Waals surface area contributed by atoms with Crippen molar-refractivity contribution in [2.75, 3.05) is 13.2 Å². The third-order valence-corrected chi connectivity index (χ3v) is 3.35. The lowest BCUT2D eigenvalue weighted by Gasteiger charge is -2.09. The molecule has 1 heterocycles. The highest BCUT2D eigenvalue weighted by Crippen LogP contribution is 2.28. The van der Waals surface area contributed by atoms with Crippen LogP contribution in [0.2, 0.25) is 0 Å². The van der Waals surface area contributed by atoms with E-state index in [0.29, 0.717) is 30.0 Å². The topological polar surface area (TPSA) is 81.4 Å². The fourth-order valence-corrected chi connectivity index (χ4v) is 2.28. The van der Waals surface area contributed by atoms with E-state index in [0.717, 1.165) is 11.1 Å². The molecule has 0 aromatic heterocycles. The van der Waals surface area contributed by atoms with Crippen LogP contribution in [0.15, 0.2) is 42.5 Å². The molecule has 0 unspecified atom stereocenters. The quantitative estimate of drug-likeness (QED) is 0.877. The smallest absolute Gasteiger partial charge is 0.255 e. The first-order valence-electron chi connectivity index (χ1n) is 6.60. The van der Waals surface area contributed by atoms with Gasteiger partial charge in [0.2, 0.25) is 5.91 Å². The van der Waals surface area contributed by atoms with Crippen LogP contribution in [0.4, 0.5) is 0 Å². The predicted molar refractivity (Wildman–Crippen MR) is 78.2 cm³/mol. The van der Waals surface area contributed by atoms with Crippen molar-refractivity contribution in [3.8, 4) is 16.9 Å². The SMILES string of the molecule is NC(=O)c1cccc(-c2ccc3c(c2)OCCNC3=O)c1. The summed E-state index contributed by atoms with van der Waals surface area (Å²) in [5.41, 5.74) is 7.97. The van der Waals surface area contributed by atoms with Gasteiger partial charge in [-0.3, -0.25) is 9.59 Å². The van der Waals surface area contributed by atoms with Crippen molar-refractivity contribution in [3.63, 3.8) is 0 Å². The Hall–Kier alpha value is -2.82. The number of fused-ring (bicyclic) bond motifs is 1. The summed E-state index contributed by atoms with van der Waals surface area (Å²) in [4.78, 5) is 23.1. The molecule has 0 radical (unpaired) electrons. The maximum atomic E-state index is 11.8. The molecule has 0 bridgehead atoms. The Morgan fingerprint density at radius 2 is 1.95 bits per heavy atom. The van der Waals surface area contributed by atoms with Gasteiger partial charge in [0.15, 0.2) is 0 Å².